The third-order valence-corrected chi connectivity index (χ3v) is 1.51. The lowest BCUT2D eigenvalue weighted by Gasteiger charge is -2.05. The van der Waals surface area contributed by atoms with Gasteiger partial charge < -0.3 is 5.11 Å². The van der Waals surface area contributed by atoms with Crippen LogP contribution >= 0.6 is 0 Å². The molecular formula is C11H11NO2. The van der Waals surface area contributed by atoms with Crippen molar-refractivity contribution in [2.45, 2.75) is 0 Å². The van der Waals surface area contributed by atoms with Gasteiger partial charge in [0.1, 0.15) is 0 Å². The van der Waals surface area contributed by atoms with Crippen LogP contribution in [0.25, 0.3) is 0 Å². The summed E-state index contributed by atoms with van der Waals surface area (Å²) in [5.41, 5.74) is 0.0228. The number of allylic oxidation sites excluding steroid dienone is 5. The van der Waals surface area contributed by atoms with Crippen LogP contribution in [0.5, 0.6) is 0 Å². The number of carboxylic acid groups (broad SMARTS) is 1. The molecule has 1 unspecified atom stereocenters. The summed E-state index contributed by atoms with van der Waals surface area (Å²) in [4.78, 5) is 10.6. The van der Waals surface area contributed by atoms with Crippen LogP contribution in [0, 0.1) is 17.2 Å². The lowest BCUT2D eigenvalue weighted by atomic mass is 9.99. The molecule has 0 bridgehead atoms. The van der Waals surface area contributed by atoms with E-state index in [1.54, 1.807) is 18.2 Å². The predicted molar refractivity (Wildman–Crippen MR) is 54.4 cm³/mol. The first-order valence-corrected chi connectivity index (χ1v) is 3.91. The van der Waals surface area contributed by atoms with Crippen molar-refractivity contribution in [3.05, 3.63) is 49.1 Å². The molecule has 0 aliphatic rings. The Hall–Kier alpha value is -2.08. The summed E-state index contributed by atoms with van der Waals surface area (Å²) in [6, 6.07) is 1.79. The summed E-state index contributed by atoms with van der Waals surface area (Å²) in [6.45, 7) is 6.88. The molecular weight excluding hydrogens is 178 g/mol. The minimum absolute atomic E-state index is 0.0228. The van der Waals surface area contributed by atoms with Crippen LogP contribution in [0.15, 0.2) is 49.1 Å². The van der Waals surface area contributed by atoms with Crippen LogP contribution in [0.4, 0.5) is 0 Å². The molecule has 0 heterocycles. The summed E-state index contributed by atoms with van der Waals surface area (Å²) < 4.78 is 0. The Kier molecular flexibility index (Phi) is 5.48. The maximum Gasteiger partial charge on any atom is 0.331 e. The molecule has 0 saturated carbocycles. The number of nitrogens with zero attached hydrogens (tertiary/aromatic N) is 1. The highest BCUT2D eigenvalue weighted by Gasteiger charge is 2.11. The van der Waals surface area contributed by atoms with E-state index in [4.69, 9.17) is 10.4 Å². The second-order valence-corrected chi connectivity index (χ2v) is 2.46. The first kappa shape index (κ1) is 11.9. The monoisotopic (exact) mass is 189 g/mol. The van der Waals surface area contributed by atoms with Crippen molar-refractivity contribution in [3.8, 4) is 6.07 Å². The zero-order valence-corrected chi connectivity index (χ0v) is 7.68. The third kappa shape index (κ3) is 4.07. The van der Waals surface area contributed by atoms with E-state index in [1.807, 2.05) is 0 Å². The number of aliphatic carboxylic acids is 1. The fourth-order valence-electron chi connectivity index (χ4n) is 0.784. The molecule has 1 N–H and O–H groups in total. The Morgan fingerprint density at radius 2 is 2.14 bits per heavy atom. The largest absolute Gasteiger partial charge is 0.478 e. The smallest absolute Gasteiger partial charge is 0.331 e. The van der Waals surface area contributed by atoms with Gasteiger partial charge in [0.05, 0.1) is 6.07 Å². The SMILES string of the molecule is C=CC=CC(C=CC#N)C(=C)C(=O)O. The van der Waals surface area contributed by atoms with E-state index in [9.17, 15) is 4.79 Å². The minimum atomic E-state index is -1.08. The lowest BCUT2D eigenvalue weighted by Crippen LogP contribution is -2.07. The van der Waals surface area contributed by atoms with E-state index in [0.29, 0.717) is 0 Å². The van der Waals surface area contributed by atoms with Gasteiger partial charge in [-0.15, -0.1) is 0 Å². The zero-order chi connectivity index (χ0) is 11.0. The van der Waals surface area contributed by atoms with Crippen molar-refractivity contribution in [3.63, 3.8) is 0 Å². The molecule has 1 atom stereocenters. The van der Waals surface area contributed by atoms with Crippen LogP contribution in [0.3, 0.4) is 0 Å². The summed E-state index contributed by atoms with van der Waals surface area (Å²) in [5, 5.41) is 17.0. The van der Waals surface area contributed by atoms with Crippen molar-refractivity contribution in [2.75, 3.05) is 0 Å². The topological polar surface area (TPSA) is 61.1 Å². The van der Waals surface area contributed by atoms with Gasteiger partial charge in [-0.25, -0.2) is 4.79 Å². The highest BCUT2D eigenvalue weighted by atomic mass is 16.4. The molecule has 3 heteroatoms. The van der Waals surface area contributed by atoms with Gasteiger partial charge in [0.2, 0.25) is 0 Å². The van der Waals surface area contributed by atoms with E-state index >= 15 is 0 Å². The van der Waals surface area contributed by atoms with Crippen LogP contribution in [0.2, 0.25) is 0 Å². The molecule has 0 aliphatic heterocycles. The average Bonchev–Trinajstić information content (AvgIpc) is 2.17. The van der Waals surface area contributed by atoms with Crippen LogP contribution < -0.4 is 0 Å². The normalized spacial score (nSPS) is 12.5. The van der Waals surface area contributed by atoms with E-state index in [2.05, 4.69) is 13.2 Å². The third-order valence-electron chi connectivity index (χ3n) is 1.51. The quantitative estimate of drug-likeness (QED) is 0.409. The Bertz CT molecular complexity index is 332. The van der Waals surface area contributed by atoms with Gasteiger partial charge in [-0.1, -0.05) is 37.5 Å². The van der Waals surface area contributed by atoms with E-state index in [0.717, 1.165) is 0 Å². The standard InChI is InChI=1S/C11H11NO2/c1-3-4-6-10(7-5-8-12)9(2)11(13)14/h3-7,10H,1-2H2,(H,13,14). The van der Waals surface area contributed by atoms with Crippen molar-refractivity contribution in [1.82, 2.24) is 0 Å². The van der Waals surface area contributed by atoms with Gasteiger partial charge >= 0.3 is 5.97 Å². The summed E-state index contributed by atoms with van der Waals surface area (Å²) in [7, 11) is 0. The number of carboxylic acids is 1. The molecule has 3 nitrogen and oxygen atoms in total. The Morgan fingerprint density at radius 3 is 2.57 bits per heavy atom. The Morgan fingerprint density at radius 1 is 1.50 bits per heavy atom. The van der Waals surface area contributed by atoms with Crippen LogP contribution in [0.1, 0.15) is 0 Å². The van der Waals surface area contributed by atoms with E-state index in [-0.39, 0.29) is 5.57 Å². The summed E-state index contributed by atoms with van der Waals surface area (Å²) in [5.74, 6) is -1.54. The lowest BCUT2D eigenvalue weighted by molar-refractivity contribution is -0.132. The van der Waals surface area contributed by atoms with Crippen LogP contribution in [-0.4, -0.2) is 11.1 Å². The number of hydrogen-bond donors (Lipinski definition) is 1. The zero-order valence-electron chi connectivity index (χ0n) is 7.68. The highest BCUT2D eigenvalue weighted by molar-refractivity contribution is 5.87. The molecule has 0 radical (unpaired) electrons. The van der Waals surface area contributed by atoms with E-state index in [1.165, 1.54) is 18.2 Å². The second-order valence-electron chi connectivity index (χ2n) is 2.46. The fourth-order valence-corrected chi connectivity index (χ4v) is 0.784. The number of nitriles is 1. The van der Waals surface area contributed by atoms with Crippen molar-refractivity contribution < 1.29 is 9.90 Å². The van der Waals surface area contributed by atoms with Gasteiger partial charge in [0, 0.05) is 17.6 Å². The molecule has 0 rings (SSSR count). The molecule has 0 aliphatic carbocycles. The second kappa shape index (κ2) is 6.44. The van der Waals surface area contributed by atoms with Crippen molar-refractivity contribution in [2.24, 2.45) is 5.92 Å². The van der Waals surface area contributed by atoms with Crippen LogP contribution in [-0.2, 0) is 4.79 Å². The molecule has 14 heavy (non-hydrogen) atoms. The molecule has 0 saturated heterocycles. The maximum atomic E-state index is 10.6. The summed E-state index contributed by atoms with van der Waals surface area (Å²) in [6.07, 6.45) is 7.45. The van der Waals surface area contributed by atoms with Gasteiger partial charge in [-0.2, -0.15) is 5.26 Å². The first-order chi connectivity index (χ1) is 6.63. The summed E-state index contributed by atoms with van der Waals surface area (Å²) >= 11 is 0. The molecule has 0 aromatic rings. The maximum absolute atomic E-state index is 10.6. The Balaban J connectivity index is 4.73. The average molecular weight is 189 g/mol. The van der Waals surface area contributed by atoms with Gasteiger partial charge in [-0.05, 0) is 0 Å². The first-order valence-electron chi connectivity index (χ1n) is 3.91. The molecule has 0 spiro atoms. The molecule has 0 fully saturated rings. The molecule has 0 amide bonds. The Labute approximate surface area is 83.0 Å². The number of rotatable bonds is 5. The van der Waals surface area contributed by atoms with Crippen molar-refractivity contribution >= 4 is 5.97 Å². The van der Waals surface area contributed by atoms with E-state index < -0.39 is 11.9 Å². The molecule has 72 valence electrons. The minimum Gasteiger partial charge on any atom is -0.478 e. The predicted octanol–water partition coefficient (Wildman–Crippen LogP) is 2.07. The van der Waals surface area contributed by atoms with Gasteiger partial charge in [0.15, 0.2) is 0 Å². The molecule has 0 aromatic carbocycles. The van der Waals surface area contributed by atoms with Gasteiger partial charge in [0.25, 0.3) is 0 Å². The molecule has 0 aromatic heterocycles. The van der Waals surface area contributed by atoms with Gasteiger partial charge in [-0.3, -0.25) is 0 Å². The number of carbonyl (C=O) groups is 1. The van der Waals surface area contributed by atoms with Crippen molar-refractivity contribution in [1.29, 1.82) is 5.26 Å². The number of hydrogen-bond acceptors (Lipinski definition) is 2. The fraction of sp³-hybridized carbons (Fsp3) is 0.0909. The highest BCUT2D eigenvalue weighted by Crippen LogP contribution is 2.12.